The summed E-state index contributed by atoms with van der Waals surface area (Å²) in [7, 11) is 0. The summed E-state index contributed by atoms with van der Waals surface area (Å²) in [5.41, 5.74) is 3.77. The zero-order chi connectivity index (χ0) is 23.9. The van der Waals surface area contributed by atoms with Gasteiger partial charge >= 0.3 is 5.91 Å². The molecule has 4 aromatic rings. The summed E-state index contributed by atoms with van der Waals surface area (Å²) in [4.78, 5) is 34.8. The maximum absolute atomic E-state index is 12.4. The van der Waals surface area contributed by atoms with Crippen LogP contribution in [-0.4, -0.2) is 29.6 Å². The number of amides is 2. The van der Waals surface area contributed by atoms with Gasteiger partial charge in [0, 0.05) is 28.8 Å². The number of anilines is 1. The second-order valence-electron chi connectivity index (χ2n) is 7.03. The van der Waals surface area contributed by atoms with Crippen LogP contribution in [0.4, 0.5) is 11.4 Å². The van der Waals surface area contributed by atoms with Crippen molar-refractivity contribution in [3.8, 4) is 5.75 Å². The van der Waals surface area contributed by atoms with Gasteiger partial charge in [0.25, 0.3) is 11.6 Å². The van der Waals surface area contributed by atoms with E-state index in [1.165, 1.54) is 30.5 Å². The molecular formula is C24H18N4O6. The second-order valence-corrected chi connectivity index (χ2v) is 7.03. The first-order chi connectivity index (χ1) is 16.5. The quantitative estimate of drug-likeness (QED) is 0.232. The normalized spacial score (nSPS) is 10.8. The molecule has 0 aliphatic rings. The Morgan fingerprint density at radius 1 is 1.03 bits per heavy atom. The van der Waals surface area contributed by atoms with E-state index < -0.39 is 10.8 Å². The molecule has 0 atom stereocenters. The van der Waals surface area contributed by atoms with Gasteiger partial charge in [-0.3, -0.25) is 19.7 Å². The van der Waals surface area contributed by atoms with Crippen LogP contribution < -0.4 is 15.5 Å². The van der Waals surface area contributed by atoms with E-state index in [1.54, 1.807) is 36.4 Å². The molecule has 3 aromatic carbocycles. The average molecular weight is 458 g/mol. The number of fused-ring (bicyclic) bond motifs is 1. The predicted octanol–water partition coefficient (Wildman–Crippen LogP) is 4.12. The number of hydrogen-bond donors (Lipinski definition) is 2. The molecule has 2 amide bonds. The number of furan rings is 1. The van der Waals surface area contributed by atoms with E-state index in [2.05, 4.69) is 15.8 Å². The van der Waals surface area contributed by atoms with Crippen LogP contribution in [0.2, 0.25) is 0 Å². The van der Waals surface area contributed by atoms with E-state index in [-0.39, 0.29) is 24.0 Å². The minimum absolute atomic E-state index is 0.0465. The summed E-state index contributed by atoms with van der Waals surface area (Å²) in [5.74, 6) is -0.596. The highest BCUT2D eigenvalue weighted by Gasteiger charge is 2.14. The summed E-state index contributed by atoms with van der Waals surface area (Å²) in [6.07, 6.45) is 1.37. The topological polar surface area (TPSA) is 136 Å². The number of non-ortho nitro benzene ring substituents is 1. The van der Waals surface area contributed by atoms with Gasteiger partial charge in [-0.2, -0.15) is 5.10 Å². The number of hydrogen-bond acceptors (Lipinski definition) is 7. The Morgan fingerprint density at radius 3 is 2.59 bits per heavy atom. The van der Waals surface area contributed by atoms with Gasteiger partial charge in [0.2, 0.25) is 0 Å². The molecule has 170 valence electrons. The molecule has 1 heterocycles. The van der Waals surface area contributed by atoms with Gasteiger partial charge in [-0.1, -0.05) is 30.3 Å². The lowest BCUT2D eigenvalue weighted by Gasteiger charge is -2.09. The number of carbonyl (C=O) groups is 2. The van der Waals surface area contributed by atoms with Crippen LogP contribution >= 0.6 is 0 Å². The van der Waals surface area contributed by atoms with Crippen molar-refractivity contribution in [3.05, 3.63) is 100 Å². The Balaban J connectivity index is 1.37. The lowest BCUT2D eigenvalue weighted by atomic mass is 10.2. The molecule has 0 aliphatic heterocycles. The second kappa shape index (κ2) is 10.1. The molecular weight excluding hydrogens is 440 g/mol. The molecule has 1 aromatic heterocycles. The van der Waals surface area contributed by atoms with Crippen LogP contribution in [0.3, 0.4) is 0 Å². The van der Waals surface area contributed by atoms with Gasteiger partial charge in [-0.25, -0.2) is 5.43 Å². The molecule has 0 saturated carbocycles. The first-order valence-corrected chi connectivity index (χ1v) is 10.1. The van der Waals surface area contributed by atoms with E-state index in [9.17, 15) is 19.7 Å². The number of nitrogens with zero attached hydrogens (tertiary/aromatic N) is 2. The van der Waals surface area contributed by atoms with Gasteiger partial charge in [-0.15, -0.1) is 0 Å². The highest BCUT2D eigenvalue weighted by atomic mass is 16.6. The third-order valence-corrected chi connectivity index (χ3v) is 4.64. The maximum atomic E-state index is 12.4. The van der Waals surface area contributed by atoms with Crippen LogP contribution in [0.25, 0.3) is 11.0 Å². The Kier molecular flexibility index (Phi) is 6.59. The Hall–Kier alpha value is -4.99. The molecule has 10 nitrogen and oxygen atoms in total. The summed E-state index contributed by atoms with van der Waals surface area (Å²) >= 11 is 0. The zero-order valence-corrected chi connectivity index (χ0v) is 17.6. The van der Waals surface area contributed by atoms with Crippen LogP contribution in [0.5, 0.6) is 5.75 Å². The number of ether oxygens (including phenoxy) is 1. The number of rotatable bonds is 8. The lowest BCUT2D eigenvalue weighted by molar-refractivity contribution is -0.384. The fourth-order valence-corrected chi connectivity index (χ4v) is 3.05. The number of hydrazone groups is 1. The molecule has 2 N–H and O–H groups in total. The minimum atomic E-state index is -0.629. The van der Waals surface area contributed by atoms with Crippen molar-refractivity contribution < 1.29 is 23.7 Å². The number of nitrogens with one attached hydrogen (secondary N) is 2. The van der Waals surface area contributed by atoms with Crippen molar-refractivity contribution in [1.29, 1.82) is 0 Å². The van der Waals surface area contributed by atoms with Crippen molar-refractivity contribution in [2.45, 2.75) is 0 Å². The number of nitro benzene ring substituents is 1. The largest absolute Gasteiger partial charge is 0.483 e. The van der Waals surface area contributed by atoms with Crippen molar-refractivity contribution in [3.63, 3.8) is 0 Å². The molecule has 34 heavy (non-hydrogen) atoms. The van der Waals surface area contributed by atoms with Gasteiger partial charge < -0.3 is 14.5 Å². The Morgan fingerprint density at radius 2 is 1.79 bits per heavy atom. The van der Waals surface area contributed by atoms with Crippen LogP contribution in [-0.2, 0) is 4.79 Å². The summed E-state index contributed by atoms with van der Waals surface area (Å²) in [5, 5.41) is 18.0. The molecule has 0 spiro atoms. The predicted molar refractivity (Wildman–Crippen MR) is 125 cm³/mol. The van der Waals surface area contributed by atoms with E-state index in [0.717, 1.165) is 0 Å². The van der Waals surface area contributed by atoms with Crippen molar-refractivity contribution in [2.24, 2.45) is 5.10 Å². The standard InChI is InChI=1S/C24H18N4O6/c29-23(26-18-7-2-1-3-8-18)15-33-20-9-5-4-6-16(20)14-25-27-24(30)22-13-17-12-19(28(31)32)10-11-21(17)34-22/h1-14H,15H2,(H,26,29)(H,27,30)/b25-14-. The fourth-order valence-electron chi connectivity index (χ4n) is 3.05. The smallest absolute Gasteiger partial charge is 0.307 e. The van der Waals surface area contributed by atoms with Crippen molar-refractivity contribution in [2.75, 3.05) is 11.9 Å². The third kappa shape index (κ3) is 5.43. The molecule has 0 aliphatic carbocycles. The zero-order valence-electron chi connectivity index (χ0n) is 17.6. The van der Waals surface area contributed by atoms with E-state index in [4.69, 9.17) is 9.15 Å². The summed E-state index contributed by atoms with van der Waals surface area (Å²) < 4.78 is 11.0. The molecule has 0 fully saturated rings. The molecule has 0 radical (unpaired) electrons. The van der Waals surface area contributed by atoms with Gasteiger partial charge in [-0.05, 0) is 36.4 Å². The SMILES string of the molecule is O=C(COc1ccccc1/C=N\NC(=O)c1cc2cc([N+](=O)[O-])ccc2o1)Nc1ccccc1. The van der Waals surface area contributed by atoms with Crippen molar-refractivity contribution in [1.82, 2.24) is 5.43 Å². The van der Waals surface area contributed by atoms with E-state index in [1.807, 2.05) is 18.2 Å². The van der Waals surface area contributed by atoms with E-state index in [0.29, 0.717) is 28.0 Å². The number of carbonyl (C=O) groups excluding carboxylic acids is 2. The number of benzene rings is 3. The van der Waals surface area contributed by atoms with E-state index >= 15 is 0 Å². The summed E-state index contributed by atoms with van der Waals surface area (Å²) in [6, 6.07) is 21.3. The Bertz CT molecular complexity index is 1380. The van der Waals surface area contributed by atoms with Crippen LogP contribution in [0, 0.1) is 10.1 Å². The maximum Gasteiger partial charge on any atom is 0.307 e. The van der Waals surface area contributed by atoms with Crippen LogP contribution in [0.15, 0.2) is 88.4 Å². The lowest BCUT2D eigenvalue weighted by Crippen LogP contribution is -2.20. The van der Waals surface area contributed by atoms with Gasteiger partial charge in [0.1, 0.15) is 11.3 Å². The molecule has 0 saturated heterocycles. The van der Waals surface area contributed by atoms with Gasteiger partial charge in [0.15, 0.2) is 12.4 Å². The monoisotopic (exact) mass is 458 g/mol. The number of para-hydroxylation sites is 2. The highest BCUT2D eigenvalue weighted by molar-refractivity contribution is 5.97. The molecule has 0 bridgehead atoms. The Labute approximate surface area is 193 Å². The number of nitro groups is 1. The minimum Gasteiger partial charge on any atom is -0.483 e. The average Bonchev–Trinajstić information content (AvgIpc) is 3.27. The molecule has 0 unspecified atom stereocenters. The van der Waals surface area contributed by atoms with Crippen molar-refractivity contribution >= 4 is 40.4 Å². The fraction of sp³-hybridized carbons (Fsp3) is 0.0417. The van der Waals surface area contributed by atoms with Gasteiger partial charge in [0.05, 0.1) is 11.1 Å². The first-order valence-electron chi connectivity index (χ1n) is 10.1. The summed E-state index contributed by atoms with van der Waals surface area (Å²) in [6.45, 7) is -0.211. The third-order valence-electron chi connectivity index (χ3n) is 4.64. The van der Waals surface area contributed by atoms with Crippen LogP contribution in [0.1, 0.15) is 16.1 Å². The first kappa shape index (κ1) is 22.2. The highest BCUT2D eigenvalue weighted by Crippen LogP contribution is 2.24. The molecule has 4 rings (SSSR count). The molecule has 10 heteroatoms.